The molecular weight excluding hydrogens is 228 g/mol. The molecule has 5 nitrogen and oxygen atoms in total. The van der Waals surface area contributed by atoms with E-state index in [1.165, 1.54) is 11.3 Å². The summed E-state index contributed by atoms with van der Waals surface area (Å²) in [7, 11) is 0. The fraction of sp³-hybridized carbons (Fsp3) is 0.500. The van der Waals surface area contributed by atoms with Gasteiger partial charge in [-0.3, -0.25) is 9.59 Å². The number of nitrogens with zero attached hydrogens (tertiary/aromatic N) is 1. The van der Waals surface area contributed by atoms with Crippen molar-refractivity contribution in [2.24, 2.45) is 11.8 Å². The van der Waals surface area contributed by atoms with Crippen molar-refractivity contribution in [2.75, 3.05) is 5.32 Å². The summed E-state index contributed by atoms with van der Waals surface area (Å²) in [6.07, 6.45) is 3.63. The van der Waals surface area contributed by atoms with Crippen molar-refractivity contribution in [1.82, 2.24) is 4.98 Å². The molecule has 2 rings (SSSR count). The van der Waals surface area contributed by atoms with E-state index in [4.69, 9.17) is 5.11 Å². The van der Waals surface area contributed by atoms with Crippen LogP contribution in [0.25, 0.3) is 0 Å². The molecule has 1 aliphatic rings. The Morgan fingerprint density at radius 3 is 2.81 bits per heavy atom. The first-order chi connectivity index (χ1) is 7.68. The van der Waals surface area contributed by atoms with E-state index >= 15 is 0 Å². The number of thiazole rings is 1. The van der Waals surface area contributed by atoms with Crippen LogP contribution in [-0.2, 0) is 9.59 Å². The number of carboxylic acids is 1. The van der Waals surface area contributed by atoms with Crippen LogP contribution in [-0.4, -0.2) is 22.0 Å². The second-order valence-electron chi connectivity index (χ2n) is 3.81. The Hall–Kier alpha value is -1.43. The molecular formula is C10H12N2O3S. The number of carbonyl (C=O) groups is 2. The van der Waals surface area contributed by atoms with Crippen LogP contribution in [0.4, 0.5) is 5.13 Å². The number of amides is 1. The minimum Gasteiger partial charge on any atom is -0.481 e. The Kier molecular flexibility index (Phi) is 3.19. The third kappa shape index (κ3) is 2.21. The highest BCUT2D eigenvalue weighted by molar-refractivity contribution is 7.13. The second-order valence-corrected chi connectivity index (χ2v) is 4.70. The van der Waals surface area contributed by atoms with Crippen LogP contribution in [0.15, 0.2) is 11.6 Å². The summed E-state index contributed by atoms with van der Waals surface area (Å²) in [5.74, 6) is -2.06. The fourth-order valence-corrected chi connectivity index (χ4v) is 2.58. The molecule has 1 aromatic rings. The van der Waals surface area contributed by atoms with Crippen LogP contribution in [0.1, 0.15) is 19.3 Å². The highest BCUT2D eigenvalue weighted by atomic mass is 32.1. The summed E-state index contributed by atoms with van der Waals surface area (Å²) in [5.41, 5.74) is 0. The van der Waals surface area contributed by atoms with Gasteiger partial charge in [0, 0.05) is 11.6 Å². The number of aliphatic carboxylic acids is 1. The van der Waals surface area contributed by atoms with E-state index < -0.39 is 17.8 Å². The number of rotatable bonds is 3. The minimum atomic E-state index is -0.878. The fourth-order valence-electron chi connectivity index (χ4n) is 2.05. The minimum absolute atomic E-state index is 0.222. The van der Waals surface area contributed by atoms with E-state index in [0.29, 0.717) is 18.0 Å². The van der Waals surface area contributed by atoms with Crippen molar-refractivity contribution in [3.63, 3.8) is 0 Å². The number of anilines is 1. The maximum Gasteiger partial charge on any atom is 0.307 e. The summed E-state index contributed by atoms with van der Waals surface area (Å²) >= 11 is 1.33. The number of hydrogen-bond acceptors (Lipinski definition) is 4. The molecule has 1 heterocycles. The zero-order chi connectivity index (χ0) is 11.5. The van der Waals surface area contributed by atoms with Crippen molar-refractivity contribution < 1.29 is 14.7 Å². The van der Waals surface area contributed by atoms with Crippen LogP contribution in [0.5, 0.6) is 0 Å². The normalized spacial score (nSPS) is 24.2. The molecule has 0 spiro atoms. The molecule has 0 saturated heterocycles. The first-order valence-corrected chi connectivity index (χ1v) is 5.99. The average molecular weight is 240 g/mol. The van der Waals surface area contributed by atoms with Crippen molar-refractivity contribution >= 4 is 28.3 Å². The molecule has 2 N–H and O–H groups in total. The first-order valence-electron chi connectivity index (χ1n) is 5.11. The molecule has 16 heavy (non-hydrogen) atoms. The van der Waals surface area contributed by atoms with Crippen LogP contribution in [0, 0.1) is 11.8 Å². The molecule has 1 amide bonds. The molecule has 2 atom stereocenters. The predicted molar refractivity (Wildman–Crippen MR) is 59.2 cm³/mol. The molecule has 0 bridgehead atoms. The quantitative estimate of drug-likeness (QED) is 0.840. The van der Waals surface area contributed by atoms with E-state index in [2.05, 4.69) is 10.3 Å². The van der Waals surface area contributed by atoms with E-state index in [9.17, 15) is 9.59 Å². The summed E-state index contributed by atoms with van der Waals surface area (Å²) in [5, 5.41) is 13.9. The van der Waals surface area contributed by atoms with Gasteiger partial charge in [0.25, 0.3) is 0 Å². The summed E-state index contributed by atoms with van der Waals surface area (Å²) in [6, 6.07) is 0. The van der Waals surface area contributed by atoms with E-state index in [0.717, 1.165) is 6.42 Å². The highest BCUT2D eigenvalue weighted by Crippen LogP contribution is 2.32. The molecule has 6 heteroatoms. The van der Waals surface area contributed by atoms with Gasteiger partial charge < -0.3 is 10.4 Å². The Bertz CT molecular complexity index is 391. The number of aromatic nitrogens is 1. The van der Waals surface area contributed by atoms with Gasteiger partial charge in [-0.15, -0.1) is 11.3 Å². The molecule has 1 aliphatic carbocycles. The van der Waals surface area contributed by atoms with Crippen LogP contribution < -0.4 is 5.32 Å². The first kappa shape index (κ1) is 11.1. The van der Waals surface area contributed by atoms with Crippen molar-refractivity contribution in [3.8, 4) is 0 Å². The predicted octanol–water partition coefficient (Wildman–Crippen LogP) is 1.58. The molecule has 1 fully saturated rings. The van der Waals surface area contributed by atoms with Crippen LogP contribution >= 0.6 is 11.3 Å². The number of nitrogens with one attached hydrogen (secondary N) is 1. The van der Waals surface area contributed by atoms with Gasteiger partial charge in [-0.25, -0.2) is 4.98 Å². The highest BCUT2D eigenvalue weighted by Gasteiger charge is 2.37. The van der Waals surface area contributed by atoms with Crippen LogP contribution in [0.2, 0.25) is 0 Å². The lowest BCUT2D eigenvalue weighted by molar-refractivity contribution is -0.145. The standard InChI is InChI=1S/C10H12N2O3S/c13-8(12-10-11-4-5-16-10)6-2-1-3-7(6)9(14)15/h4-7H,1-3H2,(H,14,15)(H,11,12,13)/t6-,7+/m1/s1. The lowest BCUT2D eigenvalue weighted by atomic mass is 9.95. The van der Waals surface area contributed by atoms with Gasteiger partial charge in [0.1, 0.15) is 0 Å². The topological polar surface area (TPSA) is 79.3 Å². The van der Waals surface area contributed by atoms with E-state index in [1.807, 2.05) is 0 Å². The molecule has 0 unspecified atom stereocenters. The molecule has 1 aromatic heterocycles. The maximum absolute atomic E-state index is 11.8. The van der Waals surface area contributed by atoms with Crippen LogP contribution in [0.3, 0.4) is 0 Å². The van der Waals surface area contributed by atoms with E-state index in [1.54, 1.807) is 11.6 Å². The Morgan fingerprint density at radius 2 is 2.19 bits per heavy atom. The van der Waals surface area contributed by atoms with Gasteiger partial charge in [0.2, 0.25) is 5.91 Å². The summed E-state index contributed by atoms with van der Waals surface area (Å²) in [6.45, 7) is 0. The maximum atomic E-state index is 11.8. The van der Waals surface area contributed by atoms with Crippen molar-refractivity contribution in [2.45, 2.75) is 19.3 Å². The van der Waals surface area contributed by atoms with Gasteiger partial charge in [-0.05, 0) is 12.8 Å². The van der Waals surface area contributed by atoms with Crippen molar-refractivity contribution in [3.05, 3.63) is 11.6 Å². The third-order valence-electron chi connectivity index (χ3n) is 2.83. The lowest BCUT2D eigenvalue weighted by Crippen LogP contribution is -2.29. The molecule has 1 saturated carbocycles. The number of hydrogen-bond donors (Lipinski definition) is 2. The van der Waals surface area contributed by atoms with Gasteiger partial charge >= 0.3 is 5.97 Å². The SMILES string of the molecule is O=C(O)[C@H]1CCC[C@H]1C(=O)Nc1nccs1. The Labute approximate surface area is 96.5 Å². The van der Waals surface area contributed by atoms with Gasteiger partial charge in [0.15, 0.2) is 5.13 Å². The van der Waals surface area contributed by atoms with Crippen molar-refractivity contribution in [1.29, 1.82) is 0 Å². The summed E-state index contributed by atoms with van der Waals surface area (Å²) < 4.78 is 0. The third-order valence-corrected chi connectivity index (χ3v) is 3.52. The van der Waals surface area contributed by atoms with E-state index in [-0.39, 0.29) is 5.91 Å². The Morgan fingerprint density at radius 1 is 1.44 bits per heavy atom. The summed E-state index contributed by atoms with van der Waals surface area (Å²) in [4.78, 5) is 26.7. The average Bonchev–Trinajstić information content (AvgIpc) is 2.86. The second kappa shape index (κ2) is 4.61. The monoisotopic (exact) mass is 240 g/mol. The molecule has 0 aromatic carbocycles. The molecule has 0 aliphatic heterocycles. The zero-order valence-electron chi connectivity index (χ0n) is 8.55. The van der Waals surface area contributed by atoms with Gasteiger partial charge in [0.05, 0.1) is 11.8 Å². The van der Waals surface area contributed by atoms with Gasteiger partial charge in [-0.2, -0.15) is 0 Å². The number of carboxylic acid groups (broad SMARTS) is 1. The lowest BCUT2D eigenvalue weighted by Gasteiger charge is -2.14. The van der Waals surface area contributed by atoms with Gasteiger partial charge in [-0.1, -0.05) is 6.42 Å². The molecule has 0 radical (unpaired) electrons. The Balaban J connectivity index is 2.01. The zero-order valence-corrected chi connectivity index (χ0v) is 9.37. The molecule has 86 valence electrons. The largest absolute Gasteiger partial charge is 0.481 e. The smallest absolute Gasteiger partial charge is 0.307 e. The number of carbonyl (C=O) groups excluding carboxylic acids is 1.